The first-order valence-electron chi connectivity index (χ1n) is 6.94. The van der Waals surface area contributed by atoms with Crippen molar-refractivity contribution in [2.24, 2.45) is 0 Å². The molecule has 0 fully saturated rings. The van der Waals surface area contributed by atoms with Gasteiger partial charge in [-0.3, -0.25) is 4.79 Å². The SMILES string of the molecule is CCS(=O)(=O)NCCc1ccc(S(=O)(=O)NCCCC(=O)O)s1. The highest BCUT2D eigenvalue weighted by Crippen LogP contribution is 2.21. The number of rotatable bonds is 11. The fourth-order valence-corrected chi connectivity index (χ4v) is 4.68. The maximum absolute atomic E-state index is 12.0. The van der Waals surface area contributed by atoms with E-state index in [0.29, 0.717) is 6.42 Å². The number of hydrogen-bond donors (Lipinski definition) is 3. The number of sulfonamides is 2. The van der Waals surface area contributed by atoms with Gasteiger partial charge in [-0.1, -0.05) is 0 Å². The summed E-state index contributed by atoms with van der Waals surface area (Å²) in [6.07, 6.45) is 0.514. The molecule has 0 amide bonds. The van der Waals surface area contributed by atoms with Crippen molar-refractivity contribution in [3.05, 3.63) is 17.0 Å². The molecule has 132 valence electrons. The summed E-state index contributed by atoms with van der Waals surface area (Å²) in [5, 5.41) is 8.50. The number of aliphatic carboxylic acids is 1. The molecule has 1 heterocycles. The van der Waals surface area contributed by atoms with Crippen LogP contribution in [0.15, 0.2) is 16.3 Å². The van der Waals surface area contributed by atoms with E-state index in [9.17, 15) is 21.6 Å². The fraction of sp³-hybridized carbons (Fsp3) is 0.583. The molecule has 3 N–H and O–H groups in total. The first kappa shape index (κ1) is 20.0. The van der Waals surface area contributed by atoms with Gasteiger partial charge in [0.2, 0.25) is 20.0 Å². The molecule has 0 atom stereocenters. The smallest absolute Gasteiger partial charge is 0.303 e. The molecule has 0 aliphatic carbocycles. The molecule has 0 aliphatic heterocycles. The minimum absolute atomic E-state index is 0.00265. The van der Waals surface area contributed by atoms with Gasteiger partial charge >= 0.3 is 5.97 Å². The number of nitrogens with one attached hydrogen (secondary N) is 2. The normalized spacial score (nSPS) is 12.4. The molecule has 0 spiro atoms. The highest BCUT2D eigenvalue weighted by Gasteiger charge is 2.16. The Bertz CT molecular complexity index is 724. The highest BCUT2D eigenvalue weighted by molar-refractivity contribution is 7.91. The van der Waals surface area contributed by atoms with E-state index in [1.165, 1.54) is 13.0 Å². The van der Waals surface area contributed by atoms with Crippen LogP contribution >= 0.6 is 11.3 Å². The number of carboxylic acid groups (broad SMARTS) is 1. The summed E-state index contributed by atoms with van der Waals surface area (Å²) in [4.78, 5) is 11.1. The summed E-state index contributed by atoms with van der Waals surface area (Å²) < 4.78 is 51.5. The summed E-state index contributed by atoms with van der Waals surface area (Å²) in [6, 6.07) is 3.09. The molecule has 0 saturated heterocycles. The summed E-state index contributed by atoms with van der Waals surface area (Å²) in [6.45, 7) is 1.80. The molecule has 0 saturated carbocycles. The van der Waals surface area contributed by atoms with Crippen molar-refractivity contribution in [1.82, 2.24) is 9.44 Å². The average Bonchev–Trinajstić information content (AvgIpc) is 2.93. The Labute approximate surface area is 140 Å². The second kappa shape index (κ2) is 8.73. The number of thiophene rings is 1. The van der Waals surface area contributed by atoms with Crippen LogP contribution in [0.1, 0.15) is 24.6 Å². The number of carboxylic acids is 1. The van der Waals surface area contributed by atoms with Crippen molar-refractivity contribution in [3.8, 4) is 0 Å². The van der Waals surface area contributed by atoms with Crippen LogP contribution in [0.25, 0.3) is 0 Å². The number of carbonyl (C=O) groups is 1. The van der Waals surface area contributed by atoms with Crippen LogP contribution in [0.5, 0.6) is 0 Å². The first-order chi connectivity index (χ1) is 10.7. The Hall–Kier alpha value is -1.01. The average molecular weight is 385 g/mol. The Morgan fingerprint density at radius 1 is 1.17 bits per heavy atom. The van der Waals surface area contributed by atoms with E-state index in [-0.39, 0.29) is 35.9 Å². The van der Waals surface area contributed by atoms with E-state index in [1.54, 1.807) is 6.07 Å². The molecule has 0 unspecified atom stereocenters. The van der Waals surface area contributed by atoms with Gasteiger partial charge in [0.05, 0.1) is 5.75 Å². The van der Waals surface area contributed by atoms with Gasteiger partial charge in [-0.25, -0.2) is 26.3 Å². The third kappa shape index (κ3) is 7.40. The summed E-state index contributed by atoms with van der Waals surface area (Å²) in [5.74, 6) is -0.978. The molecular formula is C12H20N2O6S3. The molecule has 11 heteroatoms. The lowest BCUT2D eigenvalue weighted by Crippen LogP contribution is -2.27. The van der Waals surface area contributed by atoms with Crippen molar-refractivity contribution in [2.45, 2.75) is 30.4 Å². The van der Waals surface area contributed by atoms with Crippen LogP contribution in [0.4, 0.5) is 0 Å². The molecule has 0 radical (unpaired) electrons. The summed E-state index contributed by atoms with van der Waals surface area (Å²) >= 11 is 1.06. The van der Waals surface area contributed by atoms with E-state index < -0.39 is 26.0 Å². The van der Waals surface area contributed by atoms with Crippen molar-refractivity contribution in [2.75, 3.05) is 18.8 Å². The lowest BCUT2D eigenvalue weighted by atomic mass is 10.3. The molecule has 1 aromatic heterocycles. The standard InChI is InChI=1S/C12H20N2O6S3/c1-2-22(17,18)13-9-7-10-5-6-12(21-10)23(19,20)14-8-3-4-11(15)16/h5-6,13-14H,2-4,7-9H2,1H3,(H,15,16). The molecule has 23 heavy (non-hydrogen) atoms. The second-order valence-corrected chi connectivity index (χ2v) is 9.92. The quantitative estimate of drug-likeness (QED) is 0.473. The third-order valence-corrected chi connectivity index (χ3v) is 7.34. The van der Waals surface area contributed by atoms with Crippen LogP contribution in [0.3, 0.4) is 0 Å². The van der Waals surface area contributed by atoms with E-state index in [1.807, 2.05) is 0 Å². The lowest BCUT2D eigenvalue weighted by molar-refractivity contribution is -0.137. The van der Waals surface area contributed by atoms with Gasteiger partial charge in [0.15, 0.2) is 0 Å². The molecule has 1 rings (SSSR count). The Kier molecular flexibility index (Phi) is 7.61. The van der Waals surface area contributed by atoms with Crippen molar-refractivity contribution >= 4 is 37.4 Å². The first-order valence-corrected chi connectivity index (χ1v) is 10.9. The molecule has 0 bridgehead atoms. The summed E-state index contributed by atoms with van der Waals surface area (Å²) in [7, 11) is -6.92. The van der Waals surface area contributed by atoms with Gasteiger partial charge in [0.25, 0.3) is 0 Å². The maximum Gasteiger partial charge on any atom is 0.303 e. The number of hydrogen-bond acceptors (Lipinski definition) is 6. The maximum atomic E-state index is 12.0. The minimum atomic E-state index is -3.66. The molecule has 0 aliphatic rings. The van der Waals surface area contributed by atoms with Crippen LogP contribution in [-0.2, 0) is 31.3 Å². The Morgan fingerprint density at radius 3 is 2.48 bits per heavy atom. The highest BCUT2D eigenvalue weighted by atomic mass is 32.2. The van der Waals surface area contributed by atoms with Gasteiger partial charge in [-0.15, -0.1) is 11.3 Å². The Morgan fingerprint density at radius 2 is 1.87 bits per heavy atom. The largest absolute Gasteiger partial charge is 0.481 e. The molecule has 1 aromatic rings. The zero-order valence-electron chi connectivity index (χ0n) is 12.6. The fourth-order valence-electron chi connectivity index (χ4n) is 1.59. The van der Waals surface area contributed by atoms with Crippen molar-refractivity contribution < 1.29 is 26.7 Å². The predicted molar refractivity (Wildman–Crippen MR) is 87.5 cm³/mol. The molecular weight excluding hydrogens is 364 g/mol. The van der Waals surface area contributed by atoms with Gasteiger partial charge in [-0.2, -0.15) is 0 Å². The van der Waals surface area contributed by atoms with Crippen LogP contribution in [-0.4, -0.2) is 46.8 Å². The van der Waals surface area contributed by atoms with E-state index >= 15 is 0 Å². The van der Waals surface area contributed by atoms with Crippen LogP contribution in [0, 0.1) is 0 Å². The molecule has 0 aromatic carbocycles. The van der Waals surface area contributed by atoms with Gasteiger partial charge < -0.3 is 5.11 Å². The van der Waals surface area contributed by atoms with Gasteiger partial charge in [0.1, 0.15) is 4.21 Å². The Balaban J connectivity index is 2.52. The topological polar surface area (TPSA) is 130 Å². The monoisotopic (exact) mass is 384 g/mol. The van der Waals surface area contributed by atoms with Crippen molar-refractivity contribution in [3.63, 3.8) is 0 Å². The summed E-state index contributed by atoms with van der Waals surface area (Å²) in [5.41, 5.74) is 0. The second-order valence-electron chi connectivity index (χ2n) is 4.66. The van der Waals surface area contributed by atoms with Crippen molar-refractivity contribution in [1.29, 1.82) is 0 Å². The van der Waals surface area contributed by atoms with E-state index in [4.69, 9.17) is 5.11 Å². The predicted octanol–water partition coefficient (Wildman–Crippen LogP) is 0.373. The molecule has 8 nitrogen and oxygen atoms in total. The van der Waals surface area contributed by atoms with Crippen LogP contribution < -0.4 is 9.44 Å². The van der Waals surface area contributed by atoms with Crippen LogP contribution in [0.2, 0.25) is 0 Å². The zero-order chi connectivity index (χ0) is 17.5. The third-order valence-electron chi connectivity index (χ3n) is 2.83. The van der Waals surface area contributed by atoms with E-state index in [0.717, 1.165) is 16.2 Å². The van der Waals surface area contributed by atoms with E-state index in [2.05, 4.69) is 9.44 Å². The lowest BCUT2D eigenvalue weighted by Gasteiger charge is -2.04. The van der Waals surface area contributed by atoms with Gasteiger partial charge in [-0.05, 0) is 31.9 Å². The minimum Gasteiger partial charge on any atom is -0.481 e. The zero-order valence-corrected chi connectivity index (χ0v) is 15.1. The van der Waals surface area contributed by atoms with Gasteiger partial charge in [0, 0.05) is 24.4 Å².